The van der Waals surface area contributed by atoms with E-state index in [0.717, 1.165) is 5.69 Å². The van der Waals surface area contributed by atoms with Crippen molar-refractivity contribution < 1.29 is 4.79 Å². The summed E-state index contributed by atoms with van der Waals surface area (Å²) in [4.78, 5) is 11.6. The molecule has 1 aromatic carbocycles. The summed E-state index contributed by atoms with van der Waals surface area (Å²) in [5, 5.41) is 1.64. The predicted molar refractivity (Wildman–Crippen MR) is 62.3 cm³/mol. The lowest BCUT2D eigenvalue weighted by molar-refractivity contribution is 0.264. The van der Waals surface area contributed by atoms with Crippen LogP contribution < -0.4 is 10.4 Å². The molecule has 1 aliphatic heterocycles. The van der Waals surface area contributed by atoms with Crippen molar-refractivity contribution in [2.45, 2.75) is 4.71 Å². The highest BCUT2D eigenvalue weighted by molar-refractivity contribution is 8.25. The lowest BCUT2D eigenvalue weighted by Crippen LogP contribution is -2.35. The van der Waals surface area contributed by atoms with Crippen molar-refractivity contribution in [3.63, 3.8) is 0 Å². The molecule has 5 heteroatoms. The average Bonchev–Trinajstić information content (AvgIpc) is 2.61. The molecule has 1 atom stereocenters. The molecule has 1 N–H and O–H groups in total. The zero-order valence-corrected chi connectivity index (χ0v) is 9.27. The van der Waals surface area contributed by atoms with Crippen LogP contribution in [0.5, 0.6) is 0 Å². The van der Waals surface area contributed by atoms with E-state index in [2.05, 4.69) is 5.43 Å². The summed E-state index contributed by atoms with van der Waals surface area (Å²) < 4.78 is 0.128. The Balaban J connectivity index is 2.17. The number of para-hydroxylation sites is 1. The molecule has 1 aromatic rings. The van der Waals surface area contributed by atoms with Crippen LogP contribution in [-0.2, 0) is 0 Å². The second kappa shape index (κ2) is 4.25. The number of rotatable bonds is 2. The van der Waals surface area contributed by atoms with E-state index in [0.29, 0.717) is 0 Å². The van der Waals surface area contributed by atoms with Crippen LogP contribution in [0.1, 0.15) is 0 Å². The topological polar surface area (TPSA) is 32.3 Å². The third-order valence-corrected chi connectivity index (χ3v) is 3.96. The maximum atomic E-state index is 11.6. The third kappa shape index (κ3) is 1.89. The van der Waals surface area contributed by atoms with E-state index < -0.39 is 0 Å². The minimum atomic E-state index is 0.0514. The lowest BCUT2D eigenvalue weighted by Gasteiger charge is -2.15. The first-order valence-electron chi connectivity index (χ1n) is 4.16. The fourth-order valence-corrected chi connectivity index (χ4v) is 2.63. The zero-order valence-electron chi connectivity index (χ0n) is 7.64. The number of nitrogens with one attached hydrogen (secondary N) is 1. The number of hydrogen-bond donors (Lipinski definition) is 1. The largest absolute Gasteiger partial charge is 0.302 e. The van der Waals surface area contributed by atoms with Crippen LogP contribution >= 0.6 is 23.5 Å². The van der Waals surface area contributed by atoms with E-state index in [9.17, 15) is 4.79 Å². The minimum absolute atomic E-state index is 0.0514. The summed E-state index contributed by atoms with van der Waals surface area (Å²) >= 11 is 2.93. The van der Waals surface area contributed by atoms with Crippen molar-refractivity contribution in [2.24, 2.45) is 0 Å². The molecule has 1 unspecified atom stereocenters. The summed E-state index contributed by atoms with van der Waals surface area (Å²) in [7, 11) is 0. The van der Waals surface area contributed by atoms with Gasteiger partial charge in [-0.1, -0.05) is 18.2 Å². The Morgan fingerprint density at radius 3 is 2.71 bits per heavy atom. The Bertz CT molecular complexity index is 331. The van der Waals surface area contributed by atoms with E-state index in [1.807, 2.05) is 36.6 Å². The molecule has 0 aromatic heterocycles. The Morgan fingerprint density at radius 2 is 2.14 bits per heavy atom. The monoisotopic (exact) mass is 226 g/mol. The molecule has 0 spiro atoms. The molecule has 14 heavy (non-hydrogen) atoms. The SMILES string of the molecule is CSC1NN(c2ccccc2)C(=O)S1. The van der Waals surface area contributed by atoms with Crippen LogP contribution in [0.4, 0.5) is 10.5 Å². The van der Waals surface area contributed by atoms with Crippen molar-refractivity contribution >= 4 is 34.5 Å². The molecule has 1 amide bonds. The highest BCUT2D eigenvalue weighted by Gasteiger charge is 2.30. The first-order valence-corrected chi connectivity index (χ1v) is 6.33. The van der Waals surface area contributed by atoms with Gasteiger partial charge in [-0.15, -0.1) is 11.8 Å². The van der Waals surface area contributed by atoms with Gasteiger partial charge in [-0.25, -0.2) is 10.4 Å². The molecule has 2 rings (SSSR count). The van der Waals surface area contributed by atoms with Gasteiger partial charge in [0.1, 0.15) is 4.71 Å². The van der Waals surface area contributed by atoms with E-state index in [-0.39, 0.29) is 9.95 Å². The number of carbonyl (C=O) groups excluding carboxylic acids is 1. The van der Waals surface area contributed by atoms with Crippen LogP contribution in [0, 0.1) is 0 Å². The first-order chi connectivity index (χ1) is 6.81. The van der Waals surface area contributed by atoms with Gasteiger partial charge in [-0.2, -0.15) is 0 Å². The summed E-state index contributed by atoms with van der Waals surface area (Å²) in [5.41, 5.74) is 4.01. The average molecular weight is 226 g/mol. The number of thioether (sulfide) groups is 2. The summed E-state index contributed by atoms with van der Waals surface area (Å²) in [6.07, 6.45) is 1.98. The maximum Gasteiger partial charge on any atom is 0.302 e. The van der Waals surface area contributed by atoms with Gasteiger partial charge in [0.15, 0.2) is 0 Å². The Morgan fingerprint density at radius 1 is 1.43 bits per heavy atom. The van der Waals surface area contributed by atoms with Crippen LogP contribution in [-0.4, -0.2) is 16.2 Å². The van der Waals surface area contributed by atoms with Gasteiger partial charge in [-0.3, -0.25) is 4.79 Å². The molecule has 1 heterocycles. The van der Waals surface area contributed by atoms with Crippen molar-refractivity contribution in [3.8, 4) is 0 Å². The second-order valence-electron chi connectivity index (χ2n) is 2.75. The number of benzene rings is 1. The van der Waals surface area contributed by atoms with Crippen LogP contribution in [0.15, 0.2) is 30.3 Å². The third-order valence-electron chi connectivity index (χ3n) is 1.85. The Kier molecular flexibility index (Phi) is 3.00. The van der Waals surface area contributed by atoms with Gasteiger partial charge in [0.25, 0.3) is 0 Å². The summed E-state index contributed by atoms with van der Waals surface area (Å²) in [5.74, 6) is 0. The Hall–Kier alpha value is -0.650. The zero-order chi connectivity index (χ0) is 9.97. The highest BCUT2D eigenvalue weighted by Crippen LogP contribution is 2.31. The van der Waals surface area contributed by atoms with E-state index in [1.54, 1.807) is 16.8 Å². The van der Waals surface area contributed by atoms with Crippen LogP contribution in [0.3, 0.4) is 0 Å². The maximum absolute atomic E-state index is 11.6. The Labute approximate surface area is 91.2 Å². The smallest absolute Gasteiger partial charge is 0.260 e. The van der Waals surface area contributed by atoms with Crippen LogP contribution in [0.2, 0.25) is 0 Å². The van der Waals surface area contributed by atoms with Crippen LogP contribution in [0.25, 0.3) is 0 Å². The molecular weight excluding hydrogens is 216 g/mol. The number of carbonyl (C=O) groups is 1. The molecule has 1 saturated heterocycles. The summed E-state index contributed by atoms with van der Waals surface area (Å²) in [6.45, 7) is 0. The van der Waals surface area contributed by atoms with Crippen molar-refractivity contribution in [2.75, 3.05) is 11.3 Å². The number of anilines is 1. The fraction of sp³-hybridized carbons (Fsp3) is 0.222. The number of amides is 1. The first kappa shape index (κ1) is 9.89. The fourth-order valence-electron chi connectivity index (χ4n) is 1.19. The minimum Gasteiger partial charge on any atom is -0.260 e. The second-order valence-corrected chi connectivity index (χ2v) is 5.05. The molecule has 1 fully saturated rings. The molecule has 74 valence electrons. The van der Waals surface area contributed by atoms with E-state index >= 15 is 0 Å². The van der Waals surface area contributed by atoms with Crippen molar-refractivity contribution in [1.82, 2.24) is 5.43 Å². The van der Waals surface area contributed by atoms with E-state index in [4.69, 9.17) is 0 Å². The highest BCUT2D eigenvalue weighted by atomic mass is 32.2. The van der Waals surface area contributed by atoms with Crippen molar-refractivity contribution in [3.05, 3.63) is 30.3 Å². The number of hydrogen-bond acceptors (Lipinski definition) is 4. The quantitative estimate of drug-likeness (QED) is 0.840. The molecule has 0 saturated carbocycles. The lowest BCUT2D eigenvalue weighted by atomic mass is 10.3. The number of nitrogens with zero attached hydrogens (tertiary/aromatic N) is 1. The van der Waals surface area contributed by atoms with Crippen molar-refractivity contribution in [1.29, 1.82) is 0 Å². The summed E-state index contributed by atoms with van der Waals surface area (Å²) in [6, 6.07) is 9.59. The predicted octanol–water partition coefficient (Wildman–Crippen LogP) is 2.51. The molecule has 1 aliphatic rings. The van der Waals surface area contributed by atoms with Gasteiger partial charge in [-0.05, 0) is 30.2 Å². The van der Waals surface area contributed by atoms with E-state index in [1.165, 1.54) is 11.8 Å². The molecule has 0 bridgehead atoms. The molecule has 0 radical (unpaired) electrons. The molecular formula is C9H10N2OS2. The van der Waals surface area contributed by atoms with Gasteiger partial charge in [0.2, 0.25) is 0 Å². The van der Waals surface area contributed by atoms with Gasteiger partial charge >= 0.3 is 5.24 Å². The van der Waals surface area contributed by atoms with Gasteiger partial charge in [0, 0.05) is 0 Å². The number of hydrazine groups is 1. The molecule has 0 aliphatic carbocycles. The normalized spacial score (nSPS) is 21.6. The van der Waals surface area contributed by atoms with Gasteiger partial charge in [0.05, 0.1) is 5.69 Å². The molecule has 3 nitrogen and oxygen atoms in total. The standard InChI is InChI=1S/C9H10N2OS2/c1-13-8-10-11(9(12)14-8)7-5-3-2-4-6-7/h2-6,8,10H,1H3. The van der Waals surface area contributed by atoms with Gasteiger partial charge < -0.3 is 0 Å².